The first-order valence-electron chi connectivity index (χ1n) is 3.58. The molecule has 0 amide bonds. The average molecular weight is 184 g/mol. The van der Waals surface area contributed by atoms with Crippen LogP contribution in [0.15, 0.2) is 0 Å². The van der Waals surface area contributed by atoms with Crippen LogP contribution in [0.1, 0.15) is 26.2 Å². The van der Waals surface area contributed by atoms with Gasteiger partial charge in [0.1, 0.15) is 0 Å². The Labute approximate surface area is 73.9 Å². The Balaban J connectivity index is 0.000000810. The Kier molecular flexibility index (Phi) is 4.66. The summed E-state index contributed by atoms with van der Waals surface area (Å²) in [5.74, 6) is 0.781. The fourth-order valence-corrected chi connectivity index (χ4v) is 1.80. The zero-order chi connectivity index (χ0) is 6.74. The first-order valence-corrected chi connectivity index (χ1v) is 4.11. The molecule has 0 saturated carbocycles. The molecule has 1 nitrogen and oxygen atoms in total. The van der Waals surface area contributed by atoms with Gasteiger partial charge in [-0.05, 0) is 32.7 Å². The van der Waals surface area contributed by atoms with Crippen molar-refractivity contribution in [1.82, 2.24) is 5.32 Å². The van der Waals surface area contributed by atoms with Gasteiger partial charge in [-0.15, -0.1) is 24.0 Å². The van der Waals surface area contributed by atoms with E-state index in [4.69, 9.17) is 11.6 Å². The highest BCUT2D eigenvalue weighted by molar-refractivity contribution is 6.17. The third-order valence-corrected chi connectivity index (χ3v) is 2.29. The molecule has 1 N–H and O–H groups in total. The summed E-state index contributed by atoms with van der Waals surface area (Å²) < 4.78 is 0. The minimum absolute atomic E-state index is 0. The van der Waals surface area contributed by atoms with E-state index in [2.05, 4.69) is 12.2 Å². The molecule has 1 rings (SSSR count). The average Bonchev–Trinajstić information content (AvgIpc) is 2.16. The standard InChI is InChI=1S/C7H14ClN.ClH/c1-7(4-5-8)3-2-6-9-7;/h9H,2-6H2,1H3;1H. The molecule has 0 aliphatic carbocycles. The highest BCUT2D eigenvalue weighted by Gasteiger charge is 2.26. The second-order valence-electron chi connectivity index (χ2n) is 3.03. The predicted molar refractivity (Wildman–Crippen MR) is 48.2 cm³/mol. The van der Waals surface area contributed by atoms with Crippen molar-refractivity contribution in [2.24, 2.45) is 0 Å². The van der Waals surface area contributed by atoms with Crippen molar-refractivity contribution < 1.29 is 0 Å². The molecule has 1 atom stereocenters. The summed E-state index contributed by atoms with van der Waals surface area (Å²) in [5.41, 5.74) is 0.363. The quantitative estimate of drug-likeness (QED) is 0.648. The van der Waals surface area contributed by atoms with Crippen LogP contribution in [0.25, 0.3) is 0 Å². The lowest BCUT2D eigenvalue weighted by Crippen LogP contribution is -2.36. The van der Waals surface area contributed by atoms with Crippen molar-refractivity contribution in [1.29, 1.82) is 0 Å². The van der Waals surface area contributed by atoms with Gasteiger partial charge >= 0.3 is 0 Å². The highest BCUT2D eigenvalue weighted by Crippen LogP contribution is 2.22. The topological polar surface area (TPSA) is 12.0 Å². The van der Waals surface area contributed by atoms with Gasteiger partial charge in [-0.1, -0.05) is 0 Å². The van der Waals surface area contributed by atoms with E-state index < -0.39 is 0 Å². The van der Waals surface area contributed by atoms with E-state index in [1.54, 1.807) is 0 Å². The Morgan fingerprint density at radius 2 is 2.30 bits per heavy atom. The van der Waals surface area contributed by atoms with Crippen LogP contribution in [0.2, 0.25) is 0 Å². The molecule has 0 aromatic rings. The number of alkyl halides is 1. The molecule has 0 spiro atoms. The lowest BCUT2D eigenvalue weighted by Gasteiger charge is -2.22. The van der Waals surface area contributed by atoms with Crippen LogP contribution in [0, 0.1) is 0 Å². The summed E-state index contributed by atoms with van der Waals surface area (Å²) in [4.78, 5) is 0. The van der Waals surface area contributed by atoms with Gasteiger partial charge in [0.05, 0.1) is 0 Å². The zero-order valence-electron chi connectivity index (χ0n) is 6.32. The molecule has 1 aliphatic rings. The minimum atomic E-state index is 0. The Morgan fingerprint density at radius 1 is 1.60 bits per heavy atom. The second kappa shape index (κ2) is 4.42. The van der Waals surface area contributed by atoms with Crippen LogP contribution >= 0.6 is 24.0 Å². The maximum atomic E-state index is 5.63. The molecule has 0 bridgehead atoms. The van der Waals surface area contributed by atoms with Crippen LogP contribution in [0.3, 0.4) is 0 Å². The lowest BCUT2D eigenvalue weighted by molar-refractivity contribution is 0.403. The molecular formula is C7H15Cl2N. The number of rotatable bonds is 2. The lowest BCUT2D eigenvalue weighted by atomic mass is 9.97. The monoisotopic (exact) mass is 183 g/mol. The van der Waals surface area contributed by atoms with Gasteiger partial charge in [0, 0.05) is 11.4 Å². The fraction of sp³-hybridized carbons (Fsp3) is 1.00. The van der Waals surface area contributed by atoms with Crippen LogP contribution in [-0.2, 0) is 0 Å². The molecule has 1 aliphatic heterocycles. The van der Waals surface area contributed by atoms with Crippen molar-refractivity contribution in [3.63, 3.8) is 0 Å². The predicted octanol–water partition coefficient (Wildman–Crippen LogP) is 2.18. The van der Waals surface area contributed by atoms with Gasteiger partial charge in [0.2, 0.25) is 0 Å². The first-order chi connectivity index (χ1) is 4.27. The molecule has 3 heteroatoms. The van der Waals surface area contributed by atoms with Crippen molar-refractivity contribution in [3.8, 4) is 0 Å². The van der Waals surface area contributed by atoms with E-state index in [-0.39, 0.29) is 12.4 Å². The van der Waals surface area contributed by atoms with E-state index in [0.717, 1.165) is 12.3 Å². The fourth-order valence-electron chi connectivity index (χ4n) is 1.38. The van der Waals surface area contributed by atoms with Gasteiger partial charge < -0.3 is 5.32 Å². The molecule has 0 aromatic carbocycles. The van der Waals surface area contributed by atoms with Crippen LogP contribution in [0.4, 0.5) is 0 Å². The molecule has 1 fully saturated rings. The summed E-state index contributed by atoms with van der Waals surface area (Å²) in [6, 6.07) is 0. The normalized spacial score (nSPS) is 31.8. The van der Waals surface area contributed by atoms with E-state index in [1.807, 2.05) is 0 Å². The van der Waals surface area contributed by atoms with Crippen LogP contribution in [0.5, 0.6) is 0 Å². The minimum Gasteiger partial charge on any atom is -0.311 e. The molecular weight excluding hydrogens is 169 g/mol. The summed E-state index contributed by atoms with van der Waals surface area (Å²) in [7, 11) is 0. The smallest absolute Gasteiger partial charge is 0.0240 e. The van der Waals surface area contributed by atoms with Crippen LogP contribution in [-0.4, -0.2) is 18.0 Å². The van der Waals surface area contributed by atoms with Crippen molar-refractivity contribution in [2.45, 2.75) is 31.7 Å². The molecule has 1 unspecified atom stereocenters. The Hall–Kier alpha value is 0.540. The van der Waals surface area contributed by atoms with Gasteiger partial charge in [-0.2, -0.15) is 0 Å². The zero-order valence-corrected chi connectivity index (χ0v) is 7.89. The molecule has 62 valence electrons. The maximum absolute atomic E-state index is 5.63. The van der Waals surface area contributed by atoms with Crippen LogP contribution < -0.4 is 5.32 Å². The van der Waals surface area contributed by atoms with Gasteiger partial charge in [-0.3, -0.25) is 0 Å². The number of nitrogens with one attached hydrogen (secondary N) is 1. The van der Waals surface area contributed by atoms with E-state index in [9.17, 15) is 0 Å². The van der Waals surface area contributed by atoms with Gasteiger partial charge in [-0.25, -0.2) is 0 Å². The van der Waals surface area contributed by atoms with E-state index in [0.29, 0.717) is 5.54 Å². The van der Waals surface area contributed by atoms with Gasteiger partial charge in [0.25, 0.3) is 0 Å². The molecule has 1 heterocycles. The molecule has 1 saturated heterocycles. The maximum Gasteiger partial charge on any atom is 0.0240 e. The highest BCUT2D eigenvalue weighted by atomic mass is 35.5. The van der Waals surface area contributed by atoms with Crippen molar-refractivity contribution >= 4 is 24.0 Å². The van der Waals surface area contributed by atoms with E-state index in [1.165, 1.54) is 19.4 Å². The summed E-state index contributed by atoms with van der Waals surface area (Å²) >= 11 is 5.63. The van der Waals surface area contributed by atoms with Crippen molar-refractivity contribution in [2.75, 3.05) is 12.4 Å². The summed E-state index contributed by atoms with van der Waals surface area (Å²) in [5, 5.41) is 3.45. The number of hydrogen-bond donors (Lipinski definition) is 1. The summed E-state index contributed by atoms with van der Waals surface area (Å²) in [6.45, 7) is 3.43. The van der Waals surface area contributed by atoms with Gasteiger partial charge in [0.15, 0.2) is 0 Å². The molecule has 0 radical (unpaired) electrons. The first kappa shape index (κ1) is 10.5. The Bertz CT molecular complexity index is 89.6. The third kappa shape index (κ3) is 2.65. The molecule has 10 heavy (non-hydrogen) atoms. The SMILES string of the molecule is CC1(CCCl)CCCN1.Cl. The summed E-state index contributed by atoms with van der Waals surface area (Å²) in [6.07, 6.45) is 3.71. The Morgan fingerprint density at radius 3 is 2.70 bits per heavy atom. The number of halogens is 2. The third-order valence-electron chi connectivity index (χ3n) is 2.10. The second-order valence-corrected chi connectivity index (χ2v) is 3.41. The molecule has 0 aromatic heterocycles. The van der Waals surface area contributed by atoms with Crippen molar-refractivity contribution in [3.05, 3.63) is 0 Å². The largest absolute Gasteiger partial charge is 0.311 e. The number of hydrogen-bond acceptors (Lipinski definition) is 1. The van der Waals surface area contributed by atoms with E-state index >= 15 is 0 Å².